The van der Waals surface area contributed by atoms with Crippen LogP contribution in [0, 0.1) is 5.92 Å². The van der Waals surface area contributed by atoms with Gasteiger partial charge < -0.3 is 9.64 Å². The van der Waals surface area contributed by atoms with Gasteiger partial charge in [-0.15, -0.1) is 0 Å². The first-order valence-electron chi connectivity index (χ1n) is 7.32. The van der Waals surface area contributed by atoms with Crippen LogP contribution in [0.3, 0.4) is 0 Å². The van der Waals surface area contributed by atoms with Crippen molar-refractivity contribution in [2.75, 3.05) is 20.3 Å². The quantitative estimate of drug-likeness (QED) is 0.744. The molecule has 2 atom stereocenters. The molecule has 4 nitrogen and oxygen atoms in total. The van der Waals surface area contributed by atoms with Crippen LogP contribution in [0.1, 0.15) is 52.4 Å². The summed E-state index contributed by atoms with van der Waals surface area (Å²) in [6.45, 7) is 5.05. The Kier molecular flexibility index (Phi) is 7.06. The number of nitrogens with zero attached hydrogens (tertiary/aromatic N) is 1. The molecular formula is C15H27NO3. The molecule has 1 fully saturated rings. The maximum atomic E-state index is 12.4. The zero-order valence-corrected chi connectivity index (χ0v) is 12.5. The van der Waals surface area contributed by atoms with E-state index in [0.717, 1.165) is 32.2 Å². The number of ketones is 1. The molecule has 1 aliphatic heterocycles. The minimum Gasteiger partial charge on any atom is -0.384 e. The first-order chi connectivity index (χ1) is 9.04. The van der Waals surface area contributed by atoms with Crippen molar-refractivity contribution in [1.82, 2.24) is 4.90 Å². The van der Waals surface area contributed by atoms with Crippen LogP contribution < -0.4 is 0 Å². The highest BCUT2D eigenvalue weighted by atomic mass is 16.5. The van der Waals surface area contributed by atoms with Crippen LogP contribution in [0.2, 0.25) is 0 Å². The molecule has 0 aromatic carbocycles. The molecule has 2 unspecified atom stereocenters. The molecule has 1 aliphatic rings. The highest BCUT2D eigenvalue weighted by molar-refractivity contribution is 5.79. The summed E-state index contributed by atoms with van der Waals surface area (Å²) >= 11 is 0. The predicted molar refractivity (Wildman–Crippen MR) is 74.9 cm³/mol. The van der Waals surface area contributed by atoms with E-state index in [-0.39, 0.29) is 23.7 Å². The van der Waals surface area contributed by atoms with Crippen molar-refractivity contribution in [3.8, 4) is 0 Å². The average molecular weight is 269 g/mol. The summed E-state index contributed by atoms with van der Waals surface area (Å²) in [7, 11) is 1.66. The third kappa shape index (κ3) is 5.72. The lowest BCUT2D eigenvalue weighted by atomic mass is 10.0. The number of rotatable bonds is 6. The summed E-state index contributed by atoms with van der Waals surface area (Å²) in [5.41, 5.74) is 0. The first-order valence-corrected chi connectivity index (χ1v) is 7.32. The summed E-state index contributed by atoms with van der Waals surface area (Å²) in [6, 6.07) is 0.113. The van der Waals surface area contributed by atoms with E-state index in [4.69, 9.17) is 4.74 Å². The fourth-order valence-electron chi connectivity index (χ4n) is 2.81. The van der Waals surface area contributed by atoms with Crippen LogP contribution in [0.5, 0.6) is 0 Å². The molecule has 19 heavy (non-hydrogen) atoms. The monoisotopic (exact) mass is 269 g/mol. The minimum absolute atomic E-state index is 0.113. The van der Waals surface area contributed by atoms with Crippen LogP contribution in [0.4, 0.5) is 0 Å². The van der Waals surface area contributed by atoms with Crippen molar-refractivity contribution in [2.24, 2.45) is 5.92 Å². The van der Waals surface area contributed by atoms with Gasteiger partial charge in [0.1, 0.15) is 5.78 Å². The van der Waals surface area contributed by atoms with Crippen LogP contribution in [0.15, 0.2) is 0 Å². The highest BCUT2D eigenvalue weighted by Crippen LogP contribution is 2.21. The van der Waals surface area contributed by atoms with Crippen molar-refractivity contribution < 1.29 is 14.3 Å². The van der Waals surface area contributed by atoms with E-state index in [9.17, 15) is 9.59 Å². The lowest BCUT2D eigenvalue weighted by Gasteiger charge is -2.30. The molecule has 0 aromatic heterocycles. The summed E-state index contributed by atoms with van der Waals surface area (Å²) < 4.78 is 5.08. The van der Waals surface area contributed by atoms with Gasteiger partial charge in [-0.1, -0.05) is 19.8 Å². The number of methoxy groups -OCH3 is 1. The minimum atomic E-state index is 0.113. The zero-order valence-electron chi connectivity index (χ0n) is 12.5. The van der Waals surface area contributed by atoms with E-state index in [1.54, 1.807) is 14.0 Å². The molecule has 0 N–H and O–H groups in total. The van der Waals surface area contributed by atoms with Gasteiger partial charge in [0.25, 0.3) is 0 Å². The van der Waals surface area contributed by atoms with E-state index in [0.29, 0.717) is 19.4 Å². The van der Waals surface area contributed by atoms with Gasteiger partial charge in [0, 0.05) is 39.1 Å². The normalized spacial score (nSPS) is 21.8. The molecule has 0 aliphatic carbocycles. The third-order valence-electron chi connectivity index (χ3n) is 3.69. The molecule has 1 heterocycles. The maximum absolute atomic E-state index is 12.4. The Morgan fingerprint density at radius 1 is 1.32 bits per heavy atom. The zero-order chi connectivity index (χ0) is 14.3. The number of hydrogen-bond acceptors (Lipinski definition) is 3. The molecule has 0 saturated carbocycles. The molecule has 0 spiro atoms. The lowest BCUT2D eigenvalue weighted by molar-refractivity contribution is -0.135. The highest BCUT2D eigenvalue weighted by Gasteiger charge is 2.27. The molecule has 4 heteroatoms. The number of carbonyl (C=O) groups is 2. The molecule has 0 aromatic rings. The van der Waals surface area contributed by atoms with Gasteiger partial charge in [0.05, 0.1) is 0 Å². The van der Waals surface area contributed by atoms with Crippen LogP contribution >= 0.6 is 0 Å². The smallest absolute Gasteiger partial charge is 0.223 e. The van der Waals surface area contributed by atoms with Crippen LogP contribution in [-0.4, -0.2) is 42.9 Å². The summed E-state index contributed by atoms with van der Waals surface area (Å²) in [5, 5.41) is 0. The van der Waals surface area contributed by atoms with Crippen molar-refractivity contribution in [2.45, 2.75) is 58.4 Å². The van der Waals surface area contributed by atoms with E-state index in [1.807, 2.05) is 11.8 Å². The second-order valence-electron chi connectivity index (χ2n) is 5.76. The molecule has 1 rings (SSSR count). The summed E-state index contributed by atoms with van der Waals surface area (Å²) in [4.78, 5) is 25.7. The molecule has 1 saturated heterocycles. The van der Waals surface area contributed by atoms with Crippen molar-refractivity contribution in [3.05, 3.63) is 0 Å². The Balaban J connectivity index is 2.62. The van der Waals surface area contributed by atoms with Crippen molar-refractivity contribution in [3.63, 3.8) is 0 Å². The van der Waals surface area contributed by atoms with Gasteiger partial charge in [-0.2, -0.15) is 0 Å². The molecule has 0 bridgehead atoms. The number of carbonyl (C=O) groups excluding carboxylic acids is 2. The van der Waals surface area contributed by atoms with E-state index in [1.165, 1.54) is 0 Å². The van der Waals surface area contributed by atoms with Gasteiger partial charge >= 0.3 is 0 Å². The second-order valence-corrected chi connectivity index (χ2v) is 5.76. The van der Waals surface area contributed by atoms with Crippen molar-refractivity contribution >= 4 is 11.7 Å². The predicted octanol–water partition coefficient (Wildman–Crippen LogP) is 2.41. The molecular weight excluding hydrogens is 242 g/mol. The van der Waals surface area contributed by atoms with E-state index in [2.05, 4.69) is 0 Å². The van der Waals surface area contributed by atoms with Crippen LogP contribution in [0.25, 0.3) is 0 Å². The average Bonchev–Trinajstić information content (AvgIpc) is 2.53. The van der Waals surface area contributed by atoms with E-state index >= 15 is 0 Å². The molecule has 1 amide bonds. The molecule has 110 valence electrons. The Morgan fingerprint density at radius 3 is 2.68 bits per heavy atom. The Hall–Kier alpha value is -0.900. The first kappa shape index (κ1) is 16.2. The third-order valence-corrected chi connectivity index (χ3v) is 3.69. The van der Waals surface area contributed by atoms with Gasteiger partial charge in [-0.3, -0.25) is 9.59 Å². The Labute approximate surface area is 116 Å². The lowest BCUT2D eigenvalue weighted by Crippen LogP contribution is -2.41. The number of likely N-dealkylation sites (tertiary alicyclic amines) is 1. The number of hydrogen-bond donors (Lipinski definition) is 0. The van der Waals surface area contributed by atoms with Crippen LogP contribution in [-0.2, 0) is 14.3 Å². The summed E-state index contributed by atoms with van der Waals surface area (Å²) in [6.07, 6.45) is 5.32. The topological polar surface area (TPSA) is 46.6 Å². The SMILES string of the molecule is COCC(C)CC(=O)N1CCCCCC1CC(C)=O. The summed E-state index contributed by atoms with van der Waals surface area (Å²) in [5.74, 6) is 0.589. The molecule has 0 radical (unpaired) electrons. The van der Waals surface area contributed by atoms with Gasteiger partial charge in [0.2, 0.25) is 5.91 Å². The van der Waals surface area contributed by atoms with Gasteiger partial charge in [0.15, 0.2) is 0 Å². The van der Waals surface area contributed by atoms with E-state index < -0.39 is 0 Å². The fraction of sp³-hybridized carbons (Fsp3) is 0.867. The van der Waals surface area contributed by atoms with Gasteiger partial charge in [-0.25, -0.2) is 0 Å². The standard InChI is InChI=1S/C15H27NO3/c1-12(11-19-3)9-15(18)16-8-6-4-5-7-14(16)10-13(2)17/h12,14H,4-11H2,1-3H3. The maximum Gasteiger partial charge on any atom is 0.223 e. The Morgan fingerprint density at radius 2 is 2.05 bits per heavy atom. The van der Waals surface area contributed by atoms with Crippen molar-refractivity contribution in [1.29, 1.82) is 0 Å². The Bertz CT molecular complexity index is 304. The second kappa shape index (κ2) is 8.31. The van der Waals surface area contributed by atoms with Gasteiger partial charge in [-0.05, 0) is 25.7 Å². The number of ether oxygens (including phenoxy) is 1. The fourth-order valence-corrected chi connectivity index (χ4v) is 2.81. The number of Topliss-reactive ketones (excluding diaryl/α,β-unsaturated/α-hetero) is 1. The number of amides is 1. The largest absolute Gasteiger partial charge is 0.384 e.